The third kappa shape index (κ3) is 5.88. The fourth-order valence-electron chi connectivity index (χ4n) is 3.24. The number of ether oxygens (including phenoxy) is 1. The van der Waals surface area contributed by atoms with Gasteiger partial charge in [-0.05, 0) is 24.1 Å². The fraction of sp³-hybridized carbons (Fsp3) is 0.421. The summed E-state index contributed by atoms with van der Waals surface area (Å²) < 4.78 is 31.9. The van der Waals surface area contributed by atoms with Crippen molar-refractivity contribution in [2.45, 2.75) is 36.1 Å². The zero-order valence-corrected chi connectivity index (χ0v) is 17.4. The second-order valence-electron chi connectivity index (χ2n) is 7.30. The Kier molecular flexibility index (Phi) is 7.05. The molecule has 3 atom stereocenters. The molecule has 168 valence electrons. The van der Waals surface area contributed by atoms with E-state index in [4.69, 9.17) is 5.73 Å². The van der Waals surface area contributed by atoms with Gasteiger partial charge in [0.2, 0.25) is 28.1 Å². The highest BCUT2D eigenvalue weighted by atomic mass is 32.2. The summed E-state index contributed by atoms with van der Waals surface area (Å²) in [6, 6.07) is 6.07. The third-order valence-corrected chi connectivity index (χ3v) is 6.31. The predicted molar refractivity (Wildman–Crippen MR) is 108 cm³/mol. The average molecular weight is 452 g/mol. The fourth-order valence-corrected chi connectivity index (χ4v) is 4.30. The van der Waals surface area contributed by atoms with Crippen LogP contribution in [0.3, 0.4) is 0 Å². The summed E-state index contributed by atoms with van der Waals surface area (Å²) in [5.74, 6) is -1.71. The largest absolute Gasteiger partial charge is 0.434 e. The van der Waals surface area contributed by atoms with Crippen molar-refractivity contribution in [2.75, 3.05) is 19.6 Å². The number of carbonyl (C=O) groups excluding carboxylic acids is 3. The number of hydrogen-bond acceptors (Lipinski definition) is 8. The first-order chi connectivity index (χ1) is 14.7. The maximum atomic E-state index is 12.5. The van der Waals surface area contributed by atoms with Gasteiger partial charge in [0.05, 0.1) is 23.9 Å². The molecule has 0 spiro atoms. The number of benzene rings is 1. The summed E-state index contributed by atoms with van der Waals surface area (Å²) in [5.41, 5.74) is 6.45. The molecule has 5 N–H and O–H groups in total. The van der Waals surface area contributed by atoms with Gasteiger partial charge in [0.15, 0.2) is 0 Å². The van der Waals surface area contributed by atoms with Crippen LogP contribution in [-0.4, -0.2) is 74.2 Å². The number of hydrogen-bond donors (Lipinski definition) is 4. The third-order valence-electron chi connectivity index (χ3n) is 4.89. The van der Waals surface area contributed by atoms with Crippen LogP contribution in [0.1, 0.15) is 12.8 Å². The zero-order valence-electron chi connectivity index (χ0n) is 16.6. The summed E-state index contributed by atoms with van der Waals surface area (Å²) in [6.07, 6.45) is 0.262. The zero-order chi connectivity index (χ0) is 22.6. The van der Waals surface area contributed by atoms with Gasteiger partial charge < -0.3 is 25.8 Å². The van der Waals surface area contributed by atoms with Crippen LogP contribution >= 0.6 is 0 Å². The highest BCUT2D eigenvalue weighted by Crippen LogP contribution is 2.14. The molecule has 1 fully saturated rings. The Bertz CT molecular complexity index is 980. The van der Waals surface area contributed by atoms with Crippen LogP contribution in [0.25, 0.3) is 0 Å². The van der Waals surface area contributed by atoms with Crippen molar-refractivity contribution in [3.05, 3.63) is 42.0 Å². The Morgan fingerprint density at radius 2 is 1.97 bits per heavy atom. The first kappa shape index (κ1) is 22.9. The van der Waals surface area contributed by atoms with Crippen LogP contribution in [0.2, 0.25) is 0 Å². The predicted octanol–water partition coefficient (Wildman–Crippen LogP) is -1.80. The second-order valence-corrected chi connectivity index (χ2v) is 9.06. The standard InChI is InChI=1S/C19H24N4O7S/c20-14-7-6-12(9-21-31(28,29)13-4-2-1-3-5-13)10-23(18(14)26)11-16(24)22-15-8-17(25)30-19(15)27/h1-6,14-15,19,21,27H,7-11,20H2,(H,22,24). The van der Waals surface area contributed by atoms with Crippen molar-refractivity contribution in [1.82, 2.24) is 14.9 Å². The molecule has 0 aliphatic carbocycles. The molecule has 0 aromatic heterocycles. The minimum absolute atomic E-state index is 0.0000855. The molecule has 2 heterocycles. The molecule has 1 saturated heterocycles. The van der Waals surface area contributed by atoms with Crippen molar-refractivity contribution in [3.8, 4) is 0 Å². The Balaban J connectivity index is 1.62. The van der Waals surface area contributed by atoms with Crippen molar-refractivity contribution in [1.29, 1.82) is 0 Å². The number of aliphatic hydroxyl groups is 1. The molecule has 1 aromatic rings. The molecule has 2 aliphatic rings. The van der Waals surface area contributed by atoms with E-state index in [0.717, 1.165) is 0 Å². The van der Waals surface area contributed by atoms with E-state index in [-0.39, 0.29) is 37.4 Å². The number of nitrogens with two attached hydrogens (primary N) is 1. The lowest BCUT2D eigenvalue weighted by molar-refractivity contribution is -0.155. The van der Waals surface area contributed by atoms with Crippen LogP contribution in [0.15, 0.2) is 46.9 Å². The average Bonchev–Trinajstić information content (AvgIpc) is 2.98. The number of nitrogens with zero attached hydrogens (tertiary/aromatic N) is 1. The van der Waals surface area contributed by atoms with E-state index < -0.39 is 46.2 Å². The molecule has 0 bridgehead atoms. The molecule has 11 nitrogen and oxygen atoms in total. The Morgan fingerprint density at radius 3 is 2.61 bits per heavy atom. The number of aliphatic hydroxyl groups excluding tert-OH is 1. The van der Waals surface area contributed by atoms with Crippen LogP contribution < -0.4 is 15.8 Å². The summed E-state index contributed by atoms with van der Waals surface area (Å²) >= 11 is 0. The number of esters is 1. The van der Waals surface area contributed by atoms with Gasteiger partial charge in [-0.15, -0.1) is 0 Å². The molecular formula is C19H24N4O7S. The summed E-state index contributed by atoms with van der Waals surface area (Å²) in [5, 5.41) is 12.1. The quantitative estimate of drug-likeness (QED) is 0.278. The molecule has 0 radical (unpaired) electrons. The first-order valence-corrected chi connectivity index (χ1v) is 11.1. The van der Waals surface area contributed by atoms with Crippen LogP contribution in [0.4, 0.5) is 0 Å². The molecule has 2 aliphatic heterocycles. The van der Waals surface area contributed by atoms with Gasteiger partial charge in [-0.25, -0.2) is 13.1 Å². The lowest BCUT2D eigenvalue weighted by Crippen LogP contribution is -2.50. The molecule has 31 heavy (non-hydrogen) atoms. The topological polar surface area (TPSA) is 168 Å². The molecule has 0 saturated carbocycles. The van der Waals surface area contributed by atoms with Crippen LogP contribution in [0, 0.1) is 0 Å². The molecule has 1 aromatic carbocycles. The number of carbonyl (C=O) groups is 3. The number of sulfonamides is 1. The molecule has 12 heteroatoms. The minimum Gasteiger partial charge on any atom is -0.434 e. The van der Waals surface area contributed by atoms with E-state index in [1.807, 2.05) is 0 Å². The normalized spacial score (nSPS) is 24.4. The first-order valence-electron chi connectivity index (χ1n) is 9.59. The van der Waals surface area contributed by atoms with Gasteiger partial charge in [0.1, 0.15) is 6.04 Å². The van der Waals surface area contributed by atoms with E-state index >= 15 is 0 Å². The van der Waals surface area contributed by atoms with Gasteiger partial charge in [-0.2, -0.15) is 0 Å². The summed E-state index contributed by atoms with van der Waals surface area (Å²) in [7, 11) is -3.74. The van der Waals surface area contributed by atoms with Gasteiger partial charge in [0, 0.05) is 13.1 Å². The van der Waals surface area contributed by atoms with Crippen molar-refractivity contribution in [3.63, 3.8) is 0 Å². The number of amides is 2. The Labute approximate surface area is 179 Å². The van der Waals surface area contributed by atoms with E-state index in [2.05, 4.69) is 14.8 Å². The van der Waals surface area contributed by atoms with Gasteiger partial charge in [0.25, 0.3) is 0 Å². The smallest absolute Gasteiger partial charge is 0.310 e. The monoisotopic (exact) mass is 452 g/mol. The lowest BCUT2D eigenvalue weighted by Gasteiger charge is -2.24. The molecule has 3 rings (SSSR count). The van der Waals surface area contributed by atoms with Crippen LogP contribution in [-0.2, 0) is 29.1 Å². The highest BCUT2D eigenvalue weighted by Gasteiger charge is 2.35. The van der Waals surface area contributed by atoms with E-state index in [0.29, 0.717) is 5.57 Å². The Morgan fingerprint density at radius 1 is 1.26 bits per heavy atom. The van der Waals surface area contributed by atoms with E-state index in [1.165, 1.54) is 17.0 Å². The summed E-state index contributed by atoms with van der Waals surface area (Å²) in [6.45, 7) is -0.425. The van der Waals surface area contributed by atoms with Gasteiger partial charge in [-0.1, -0.05) is 24.3 Å². The minimum atomic E-state index is -3.74. The molecule has 2 amide bonds. The highest BCUT2D eigenvalue weighted by molar-refractivity contribution is 7.89. The van der Waals surface area contributed by atoms with Gasteiger partial charge in [-0.3, -0.25) is 14.4 Å². The number of rotatable bonds is 7. The lowest BCUT2D eigenvalue weighted by atomic mass is 10.2. The maximum absolute atomic E-state index is 12.5. The number of nitrogens with one attached hydrogen (secondary N) is 2. The molecule has 3 unspecified atom stereocenters. The van der Waals surface area contributed by atoms with Gasteiger partial charge >= 0.3 is 5.97 Å². The second kappa shape index (κ2) is 9.56. The maximum Gasteiger partial charge on any atom is 0.310 e. The van der Waals surface area contributed by atoms with Crippen LogP contribution in [0.5, 0.6) is 0 Å². The van der Waals surface area contributed by atoms with Crippen molar-refractivity contribution in [2.24, 2.45) is 5.73 Å². The van der Waals surface area contributed by atoms with Crippen molar-refractivity contribution >= 4 is 27.8 Å². The van der Waals surface area contributed by atoms with E-state index in [9.17, 15) is 27.9 Å². The van der Waals surface area contributed by atoms with Crippen molar-refractivity contribution < 1.29 is 32.6 Å². The van der Waals surface area contributed by atoms with E-state index in [1.54, 1.807) is 24.3 Å². The SMILES string of the molecule is NC1CC=C(CNS(=O)(=O)c2ccccc2)CN(CC(=O)NC2CC(=O)OC2O)C1=O. The number of cyclic esters (lactones) is 1. The molecular weight excluding hydrogens is 428 g/mol. The Hall–Kier alpha value is -2.80. The summed E-state index contributed by atoms with van der Waals surface area (Å²) in [4.78, 5) is 37.4.